The molecule has 3 N–H and O–H groups in total. The zero-order chi connectivity index (χ0) is 19.3. The molecule has 0 radical (unpaired) electrons. The second kappa shape index (κ2) is 8.35. The second-order valence-corrected chi connectivity index (χ2v) is 7.05. The van der Waals surface area contributed by atoms with Gasteiger partial charge in [-0.3, -0.25) is 9.78 Å². The second-order valence-electron chi connectivity index (χ2n) is 7.05. The molecule has 0 aromatic carbocycles. The van der Waals surface area contributed by atoms with Gasteiger partial charge in [-0.2, -0.15) is 0 Å². The molecule has 3 aromatic rings. The predicted octanol–water partition coefficient (Wildman–Crippen LogP) is 2.67. The Labute approximate surface area is 162 Å². The molecule has 0 unspecified atom stereocenters. The molecule has 0 spiro atoms. The molecular formula is C20H24N6O2. The van der Waals surface area contributed by atoms with Crippen LogP contribution in [0.2, 0.25) is 0 Å². The molecule has 0 bridgehead atoms. The fourth-order valence-electron chi connectivity index (χ4n) is 3.65. The van der Waals surface area contributed by atoms with Crippen molar-refractivity contribution in [1.29, 1.82) is 0 Å². The number of fused-ring (bicyclic) bond motifs is 1. The van der Waals surface area contributed by atoms with E-state index in [2.05, 4.69) is 25.6 Å². The van der Waals surface area contributed by atoms with Crippen LogP contribution in [0.25, 0.3) is 10.8 Å². The SMILES string of the molecule is O=c1c2c(NC3CCCC3)nc(Nc3cnccn3)cc2ccn1CCCO. The summed E-state index contributed by atoms with van der Waals surface area (Å²) < 4.78 is 1.63. The van der Waals surface area contributed by atoms with Crippen molar-refractivity contribution < 1.29 is 5.11 Å². The van der Waals surface area contributed by atoms with E-state index in [1.807, 2.05) is 12.1 Å². The number of hydrogen-bond donors (Lipinski definition) is 3. The van der Waals surface area contributed by atoms with E-state index in [4.69, 9.17) is 5.11 Å². The summed E-state index contributed by atoms with van der Waals surface area (Å²) in [5, 5.41) is 17.1. The Morgan fingerprint density at radius 3 is 2.82 bits per heavy atom. The van der Waals surface area contributed by atoms with Crippen LogP contribution in [0.15, 0.2) is 41.7 Å². The number of hydrogen-bond acceptors (Lipinski definition) is 7. The van der Waals surface area contributed by atoms with Gasteiger partial charge in [0, 0.05) is 37.8 Å². The summed E-state index contributed by atoms with van der Waals surface area (Å²) in [6, 6.07) is 4.09. The number of aliphatic hydroxyl groups excluding tert-OH is 1. The van der Waals surface area contributed by atoms with Gasteiger partial charge in [0.1, 0.15) is 17.5 Å². The van der Waals surface area contributed by atoms with Crippen molar-refractivity contribution in [2.45, 2.75) is 44.7 Å². The van der Waals surface area contributed by atoms with Gasteiger partial charge in [-0.05, 0) is 36.8 Å². The highest BCUT2D eigenvalue weighted by atomic mass is 16.3. The lowest BCUT2D eigenvalue weighted by Gasteiger charge is -2.17. The van der Waals surface area contributed by atoms with Crippen LogP contribution >= 0.6 is 0 Å². The molecule has 3 aromatic heterocycles. The van der Waals surface area contributed by atoms with Crippen LogP contribution in [0.3, 0.4) is 0 Å². The largest absolute Gasteiger partial charge is 0.396 e. The Morgan fingerprint density at radius 1 is 1.21 bits per heavy atom. The third-order valence-corrected chi connectivity index (χ3v) is 5.03. The Morgan fingerprint density at radius 2 is 2.07 bits per heavy atom. The lowest BCUT2D eigenvalue weighted by Crippen LogP contribution is -2.23. The molecule has 4 rings (SSSR count). The van der Waals surface area contributed by atoms with E-state index >= 15 is 0 Å². The first-order valence-corrected chi connectivity index (χ1v) is 9.69. The maximum atomic E-state index is 13.1. The van der Waals surface area contributed by atoms with Crippen molar-refractivity contribution in [2.24, 2.45) is 0 Å². The van der Waals surface area contributed by atoms with E-state index in [0.717, 1.165) is 18.2 Å². The molecule has 1 aliphatic carbocycles. The quantitative estimate of drug-likeness (QED) is 0.579. The number of aryl methyl sites for hydroxylation is 1. The number of nitrogens with one attached hydrogen (secondary N) is 2. The molecule has 1 aliphatic rings. The number of nitrogens with zero attached hydrogens (tertiary/aromatic N) is 4. The molecule has 146 valence electrons. The maximum absolute atomic E-state index is 13.1. The van der Waals surface area contributed by atoms with Crippen molar-refractivity contribution in [1.82, 2.24) is 19.5 Å². The molecule has 3 heterocycles. The summed E-state index contributed by atoms with van der Waals surface area (Å²) in [7, 11) is 0. The lowest BCUT2D eigenvalue weighted by molar-refractivity contribution is 0.279. The van der Waals surface area contributed by atoms with Gasteiger partial charge < -0.3 is 20.3 Å². The smallest absolute Gasteiger partial charge is 0.262 e. The summed E-state index contributed by atoms with van der Waals surface area (Å²) >= 11 is 0. The maximum Gasteiger partial charge on any atom is 0.262 e. The van der Waals surface area contributed by atoms with Crippen LogP contribution in [-0.2, 0) is 6.54 Å². The molecule has 8 heteroatoms. The number of pyridine rings is 2. The minimum atomic E-state index is -0.0926. The highest BCUT2D eigenvalue weighted by molar-refractivity contribution is 5.93. The van der Waals surface area contributed by atoms with Gasteiger partial charge in [0.25, 0.3) is 5.56 Å². The molecule has 0 aliphatic heterocycles. The van der Waals surface area contributed by atoms with Crippen LogP contribution in [0.4, 0.5) is 17.5 Å². The van der Waals surface area contributed by atoms with Crippen molar-refractivity contribution in [3.8, 4) is 0 Å². The summed E-state index contributed by atoms with van der Waals surface area (Å²) in [6.07, 6.45) is 11.7. The fourth-order valence-corrected chi connectivity index (χ4v) is 3.65. The lowest BCUT2D eigenvalue weighted by atomic mass is 10.1. The first-order valence-electron chi connectivity index (χ1n) is 9.69. The molecule has 0 saturated heterocycles. The molecule has 8 nitrogen and oxygen atoms in total. The zero-order valence-corrected chi connectivity index (χ0v) is 15.6. The van der Waals surface area contributed by atoms with E-state index in [1.165, 1.54) is 12.8 Å². The van der Waals surface area contributed by atoms with Gasteiger partial charge in [-0.25, -0.2) is 9.97 Å². The van der Waals surface area contributed by atoms with Gasteiger partial charge in [0.15, 0.2) is 0 Å². The van der Waals surface area contributed by atoms with E-state index in [1.54, 1.807) is 29.4 Å². The summed E-state index contributed by atoms with van der Waals surface area (Å²) in [5.41, 5.74) is -0.0926. The topological polar surface area (TPSA) is 105 Å². The third kappa shape index (κ3) is 3.96. The Balaban J connectivity index is 1.77. The van der Waals surface area contributed by atoms with Crippen molar-refractivity contribution in [3.63, 3.8) is 0 Å². The third-order valence-electron chi connectivity index (χ3n) is 5.03. The molecule has 0 atom stereocenters. The average molecular weight is 380 g/mol. The van der Waals surface area contributed by atoms with Gasteiger partial charge in [-0.15, -0.1) is 0 Å². The molecular weight excluding hydrogens is 356 g/mol. The van der Waals surface area contributed by atoms with Gasteiger partial charge in [-0.1, -0.05) is 12.8 Å². The minimum Gasteiger partial charge on any atom is -0.396 e. The number of aliphatic hydroxyl groups is 1. The van der Waals surface area contributed by atoms with E-state index in [-0.39, 0.29) is 12.2 Å². The normalized spacial score (nSPS) is 14.5. The molecule has 0 amide bonds. The first-order chi connectivity index (χ1) is 13.7. The monoisotopic (exact) mass is 380 g/mol. The van der Waals surface area contributed by atoms with Gasteiger partial charge in [0.05, 0.1) is 11.6 Å². The van der Waals surface area contributed by atoms with E-state index < -0.39 is 0 Å². The summed E-state index contributed by atoms with van der Waals surface area (Å²) in [6.45, 7) is 0.532. The van der Waals surface area contributed by atoms with Crippen molar-refractivity contribution in [3.05, 3.63) is 47.3 Å². The molecule has 1 saturated carbocycles. The van der Waals surface area contributed by atoms with Gasteiger partial charge >= 0.3 is 0 Å². The van der Waals surface area contributed by atoms with E-state index in [0.29, 0.717) is 41.8 Å². The predicted molar refractivity (Wildman–Crippen MR) is 109 cm³/mol. The van der Waals surface area contributed by atoms with Crippen LogP contribution in [-0.4, -0.2) is 37.3 Å². The van der Waals surface area contributed by atoms with Crippen molar-refractivity contribution >= 4 is 28.2 Å². The van der Waals surface area contributed by atoms with E-state index in [9.17, 15) is 4.79 Å². The summed E-state index contributed by atoms with van der Waals surface area (Å²) in [4.78, 5) is 26.0. The average Bonchev–Trinajstić information content (AvgIpc) is 3.21. The summed E-state index contributed by atoms with van der Waals surface area (Å²) in [5.74, 6) is 1.80. The van der Waals surface area contributed by atoms with Crippen LogP contribution < -0.4 is 16.2 Å². The number of aromatic nitrogens is 4. The fraction of sp³-hybridized carbons (Fsp3) is 0.400. The Kier molecular flexibility index (Phi) is 5.48. The number of anilines is 3. The minimum absolute atomic E-state index is 0.0525. The standard InChI is InChI=1S/C20H24N6O2/c27-11-3-9-26-10-6-14-12-16(24-17-13-21-7-8-22-17)25-19(18(14)20(26)28)23-15-4-1-2-5-15/h6-8,10,12-13,15,27H,1-5,9,11H2,(H2,22,23,24,25). The molecule has 1 fully saturated rings. The van der Waals surface area contributed by atoms with Crippen LogP contribution in [0.5, 0.6) is 0 Å². The molecule has 28 heavy (non-hydrogen) atoms. The Bertz CT molecular complexity index is 999. The zero-order valence-electron chi connectivity index (χ0n) is 15.6. The first kappa shape index (κ1) is 18.4. The highest BCUT2D eigenvalue weighted by Gasteiger charge is 2.19. The Hall–Kier alpha value is -3.00. The number of rotatable bonds is 7. The van der Waals surface area contributed by atoms with Crippen LogP contribution in [0.1, 0.15) is 32.1 Å². The van der Waals surface area contributed by atoms with Crippen LogP contribution in [0, 0.1) is 0 Å². The van der Waals surface area contributed by atoms with Crippen molar-refractivity contribution in [2.75, 3.05) is 17.2 Å². The van der Waals surface area contributed by atoms with Gasteiger partial charge in [0.2, 0.25) is 0 Å². The highest BCUT2D eigenvalue weighted by Crippen LogP contribution is 2.27.